The summed E-state index contributed by atoms with van der Waals surface area (Å²) in [6.07, 6.45) is 7.86. The highest BCUT2D eigenvalue weighted by Crippen LogP contribution is 2.21. The standard InChI is InChI=1S/C13H21N5O/c1-13(2,10-14)5-3-4-7-18-12(19)17-8-6-15-9-11(17)16-18/h6,8-9H,3-5,7,10,14H2,1-2H3. The Morgan fingerprint density at radius 2 is 2.16 bits per heavy atom. The highest BCUT2D eigenvalue weighted by molar-refractivity contribution is 5.31. The summed E-state index contributed by atoms with van der Waals surface area (Å²) in [7, 11) is 0. The molecule has 0 saturated carbocycles. The first kappa shape index (κ1) is 13.7. The largest absolute Gasteiger partial charge is 0.350 e. The van der Waals surface area contributed by atoms with Crippen LogP contribution in [0.2, 0.25) is 0 Å². The third-order valence-corrected chi connectivity index (χ3v) is 3.41. The van der Waals surface area contributed by atoms with Gasteiger partial charge in [-0.25, -0.2) is 13.9 Å². The molecule has 19 heavy (non-hydrogen) atoms. The normalized spacial score (nSPS) is 12.2. The summed E-state index contributed by atoms with van der Waals surface area (Å²) in [6, 6.07) is 0. The molecule has 2 aromatic heterocycles. The van der Waals surface area contributed by atoms with Crippen LogP contribution in [0, 0.1) is 5.41 Å². The Balaban J connectivity index is 1.95. The van der Waals surface area contributed by atoms with Gasteiger partial charge in [0, 0.05) is 18.9 Å². The first-order chi connectivity index (χ1) is 9.03. The van der Waals surface area contributed by atoms with Crippen LogP contribution in [-0.4, -0.2) is 25.7 Å². The minimum Gasteiger partial charge on any atom is -0.330 e. The fourth-order valence-electron chi connectivity index (χ4n) is 1.99. The van der Waals surface area contributed by atoms with Gasteiger partial charge in [-0.15, -0.1) is 5.10 Å². The van der Waals surface area contributed by atoms with Gasteiger partial charge in [-0.1, -0.05) is 20.3 Å². The van der Waals surface area contributed by atoms with Gasteiger partial charge in [0.2, 0.25) is 0 Å². The lowest BCUT2D eigenvalue weighted by molar-refractivity contribution is 0.327. The molecule has 2 heterocycles. The number of unbranched alkanes of at least 4 members (excludes halogenated alkanes) is 1. The zero-order chi connectivity index (χ0) is 13.9. The molecule has 6 heteroatoms. The molecule has 2 rings (SSSR count). The van der Waals surface area contributed by atoms with Crippen LogP contribution in [0.15, 0.2) is 23.4 Å². The Morgan fingerprint density at radius 1 is 1.37 bits per heavy atom. The minimum atomic E-state index is -0.101. The molecule has 0 fully saturated rings. The Kier molecular flexibility index (Phi) is 3.99. The van der Waals surface area contributed by atoms with Gasteiger partial charge in [-0.05, 0) is 24.8 Å². The third-order valence-electron chi connectivity index (χ3n) is 3.41. The summed E-state index contributed by atoms with van der Waals surface area (Å²) in [6.45, 7) is 5.65. The Hall–Kier alpha value is -1.69. The molecule has 0 unspecified atom stereocenters. The second-order valence-corrected chi connectivity index (χ2v) is 5.64. The van der Waals surface area contributed by atoms with Crippen LogP contribution in [-0.2, 0) is 6.54 Å². The van der Waals surface area contributed by atoms with Gasteiger partial charge in [0.15, 0.2) is 5.65 Å². The van der Waals surface area contributed by atoms with E-state index in [2.05, 4.69) is 23.9 Å². The third kappa shape index (κ3) is 3.20. The van der Waals surface area contributed by atoms with Gasteiger partial charge in [0.05, 0.1) is 6.20 Å². The van der Waals surface area contributed by atoms with Crippen molar-refractivity contribution in [3.05, 3.63) is 29.1 Å². The Morgan fingerprint density at radius 3 is 2.84 bits per heavy atom. The molecule has 0 bridgehead atoms. The molecule has 0 aliphatic heterocycles. The molecular weight excluding hydrogens is 242 g/mol. The van der Waals surface area contributed by atoms with E-state index in [1.54, 1.807) is 18.6 Å². The van der Waals surface area contributed by atoms with Crippen molar-refractivity contribution in [1.29, 1.82) is 0 Å². The van der Waals surface area contributed by atoms with Gasteiger partial charge < -0.3 is 5.73 Å². The number of fused-ring (bicyclic) bond motifs is 1. The van der Waals surface area contributed by atoms with Crippen LogP contribution < -0.4 is 11.4 Å². The lowest BCUT2D eigenvalue weighted by atomic mass is 9.87. The molecule has 2 aromatic rings. The molecule has 2 N–H and O–H groups in total. The number of aromatic nitrogens is 4. The van der Waals surface area contributed by atoms with E-state index < -0.39 is 0 Å². The summed E-state index contributed by atoms with van der Waals surface area (Å²) in [5.74, 6) is 0. The fourth-order valence-corrected chi connectivity index (χ4v) is 1.99. The second kappa shape index (κ2) is 5.52. The number of aryl methyl sites for hydroxylation is 1. The lowest BCUT2D eigenvalue weighted by Gasteiger charge is -2.21. The minimum absolute atomic E-state index is 0.101. The zero-order valence-electron chi connectivity index (χ0n) is 11.5. The van der Waals surface area contributed by atoms with E-state index in [-0.39, 0.29) is 11.1 Å². The van der Waals surface area contributed by atoms with E-state index in [1.807, 2.05) is 0 Å². The van der Waals surface area contributed by atoms with E-state index in [0.29, 0.717) is 18.7 Å². The van der Waals surface area contributed by atoms with Crippen molar-refractivity contribution in [1.82, 2.24) is 19.2 Å². The highest BCUT2D eigenvalue weighted by atomic mass is 16.2. The maximum Gasteiger partial charge on any atom is 0.350 e. The molecule has 104 valence electrons. The number of hydrogen-bond donors (Lipinski definition) is 1. The molecule has 0 aromatic carbocycles. The number of nitrogens with two attached hydrogens (primary N) is 1. The molecule has 0 radical (unpaired) electrons. The number of hydrogen-bond acceptors (Lipinski definition) is 4. The van der Waals surface area contributed by atoms with Crippen LogP contribution in [0.5, 0.6) is 0 Å². The molecule has 0 spiro atoms. The molecule has 0 amide bonds. The van der Waals surface area contributed by atoms with E-state index >= 15 is 0 Å². The highest BCUT2D eigenvalue weighted by Gasteiger charge is 2.14. The summed E-state index contributed by atoms with van der Waals surface area (Å²) in [5.41, 5.74) is 6.36. The fraction of sp³-hybridized carbons (Fsp3) is 0.615. The summed E-state index contributed by atoms with van der Waals surface area (Å²) in [5, 5.41) is 4.25. The van der Waals surface area contributed by atoms with Gasteiger partial charge >= 0.3 is 5.69 Å². The molecule has 0 aliphatic rings. The molecule has 6 nitrogen and oxygen atoms in total. The van der Waals surface area contributed by atoms with E-state index in [4.69, 9.17) is 5.73 Å². The molecular formula is C13H21N5O. The van der Waals surface area contributed by atoms with Crippen LogP contribution >= 0.6 is 0 Å². The topological polar surface area (TPSA) is 78.2 Å². The number of nitrogens with zero attached hydrogens (tertiary/aromatic N) is 4. The van der Waals surface area contributed by atoms with Crippen molar-refractivity contribution in [2.24, 2.45) is 11.1 Å². The SMILES string of the molecule is CC(C)(CN)CCCCn1nc2cnccn2c1=O. The Bertz CT molecular complexity index is 598. The van der Waals surface area contributed by atoms with Gasteiger partial charge in [-0.3, -0.25) is 4.98 Å². The van der Waals surface area contributed by atoms with Crippen LogP contribution in [0.25, 0.3) is 5.65 Å². The predicted molar refractivity (Wildman–Crippen MR) is 73.9 cm³/mol. The van der Waals surface area contributed by atoms with Gasteiger partial charge in [-0.2, -0.15) is 0 Å². The van der Waals surface area contributed by atoms with Crippen molar-refractivity contribution in [3.8, 4) is 0 Å². The van der Waals surface area contributed by atoms with Crippen molar-refractivity contribution in [2.45, 2.75) is 39.7 Å². The summed E-state index contributed by atoms with van der Waals surface area (Å²) >= 11 is 0. The summed E-state index contributed by atoms with van der Waals surface area (Å²) in [4.78, 5) is 15.9. The number of rotatable bonds is 6. The quantitative estimate of drug-likeness (QED) is 0.790. The maximum absolute atomic E-state index is 12.0. The predicted octanol–water partition coefficient (Wildman–Crippen LogP) is 1.05. The summed E-state index contributed by atoms with van der Waals surface area (Å²) < 4.78 is 3.02. The average molecular weight is 263 g/mol. The lowest BCUT2D eigenvalue weighted by Crippen LogP contribution is -2.24. The zero-order valence-corrected chi connectivity index (χ0v) is 11.5. The van der Waals surface area contributed by atoms with Gasteiger partial charge in [0.1, 0.15) is 0 Å². The van der Waals surface area contributed by atoms with Crippen molar-refractivity contribution >= 4 is 5.65 Å². The van der Waals surface area contributed by atoms with Gasteiger partial charge in [0.25, 0.3) is 0 Å². The van der Waals surface area contributed by atoms with Crippen LogP contribution in [0.1, 0.15) is 33.1 Å². The van der Waals surface area contributed by atoms with Crippen LogP contribution in [0.4, 0.5) is 0 Å². The first-order valence-electron chi connectivity index (χ1n) is 6.63. The van der Waals surface area contributed by atoms with Crippen molar-refractivity contribution < 1.29 is 0 Å². The van der Waals surface area contributed by atoms with E-state index in [1.165, 1.54) is 9.08 Å². The Labute approximate surface area is 112 Å². The monoisotopic (exact) mass is 263 g/mol. The van der Waals surface area contributed by atoms with Crippen LogP contribution in [0.3, 0.4) is 0 Å². The first-order valence-corrected chi connectivity index (χ1v) is 6.63. The maximum atomic E-state index is 12.0. The van der Waals surface area contributed by atoms with E-state index in [9.17, 15) is 4.79 Å². The van der Waals surface area contributed by atoms with E-state index in [0.717, 1.165) is 19.3 Å². The van der Waals surface area contributed by atoms with Crippen molar-refractivity contribution in [2.75, 3.05) is 6.54 Å². The average Bonchev–Trinajstić information content (AvgIpc) is 2.72. The van der Waals surface area contributed by atoms with Crippen molar-refractivity contribution in [3.63, 3.8) is 0 Å². The second-order valence-electron chi connectivity index (χ2n) is 5.64. The molecule has 0 atom stereocenters. The smallest absolute Gasteiger partial charge is 0.330 e. The molecule has 0 saturated heterocycles. The molecule has 0 aliphatic carbocycles.